The molecule has 0 aliphatic heterocycles. The minimum atomic E-state index is -1.39. The Hall–Kier alpha value is -4.68. The van der Waals surface area contributed by atoms with Crippen molar-refractivity contribution in [3.63, 3.8) is 0 Å². The van der Waals surface area contributed by atoms with Gasteiger partial charge in [0.05, 0.1) is 5.69 Å². The highest BCUT2D eigenvalue weighted by Crippen LogP contribution is 2.41. The molecule has 0 fully saturated rings. The lowest BCUT2D eigenvalue weighted by molar-refractivity contribution is 0.125. The summed E-state index contributed by atoms with van der Waals surface area (Å²) in [6.07, 6.45) is 0. The van der Waals surface area contributed by atoms with E-state index in [0.717, 1.165) is 70.6 Å². The maximum absolute atomic E-state index is 12.7. The van der Waals surface area contributed by atoms with E-state index in [0.29, 0.717) is 11.4 Å². The fourth-order valence-electron chi connectivity index (χ4n) is 6.04. The summed E-state index contributed by atoms with van der Waals surface area (Å²) in [7, 11) is 0. The molecule has 0 bridgehead atoms. The van der Waals surface area contributed by atoms with Gasteiger partial charge in [0.1, 0.15) is 17.0 Å². The van der Waals surface area contributed by atoms with Crippen LogP contribution in [0.25, 0.3) is 10.8 Å². The highest BCUT2D eigenvalue weighted by atomic mass is 16.3. The number of fused-ring (bicyclic) bond motifs is 1. The first-order valence-electron chi connectivity index (χ1n) is 15.5. The van der Waals surface area contributed by atoms with Crippen molar-refractivity contribution in [3.8, 4) is 5.75 Å². The van der Waals surface area contributed by atoms with Crippen molar-refractivity contribution in [1.29, 1.82) is 0 Å². The third-order valence-corrected chi connectivity index (χ3v) is 8.57. The summed E-state index contributed by atoms with van der Waals surface area (Å²) >= 11 is 0. The molecule has 0 heterocycles. The summed E-state index contributed by atoms with van der Waals surface area (Å²) < 4.78 is 0. The Bertz CT molecular complexity index is 1740. The van der Waals surface area contributed by atoms with Crippen LogP contribution in [0.4, 0.5) is 22.7 Å². The Kier molecular flexibility index (Phi) is 9.31. The molecular weight excluding hydrogens is 544 g/mol. The fourth-order valence-corrected chi connectivity index (χ4v) is 6.04. The SMILES string of the molecule is CCN(CC)c1ccc(C(O)(c2ccc(/N=N/c3c(O)ccc4ccccc34)cc2)c2ccc(N(CC)CC)cc2C)cc1. The van der Waals surface area contributed by atoms with Crippen molar-refractivity contribution in [1.82, 2.24) is 0 Å². The van der Waals surface area contributed by atoms with Gasteiger partial charge in [-0.15, -0.1) is 5.11 Å². The molecule has 0 radical (unpaired) electrons. The molecule has 5 rings (SSSR count). The van der Waals surface area contributed by atoms with E-state index in [2.05, 4.69) is 85.0 Å². The van der Waals surface area contributed by atoms with Crippen LogP contribution >= 0.6 is 0 Å². The van der Waals surface area contributed by atoms with E-state index in [9.17, 15) is 10.2 Å². The van der Waals surface area contributed by atoms with Crippen molar-refractivity contribution in [2.45, 2.75) is 40.2 Å². The van der Waals surface area contributed by atoms with Crippen LogP contribution < -0.4 is 9.80 Å². The van der Waals surface area contributed by atoms with Crippen LogP contribution in [0.3, 0.4) is 0 Å². The van der Waals surface area contributed by atoms with Gasteiger partial charge in [-0.05, 0) is 105 Å². The number of aliphatic hydroxyl groups is 1. The van der Waals surface area contributed by atoms with E-state index < -0.39 is 5.60 Å². The van der Waals surface area contributed by atoms with Gasteiger partial charge in [-0.1, -0.05) is 60.7 Å². The molecule has 0 saturated heterocycles. The summed E-state index contributed by atoms with van der Waals surface area (Å²) in [4.78, 5) is 4.60. The van der Waals surface area contributed by atoms with Crippen LogP contribution in [0, 0.1) is 6.92 Å². The van der Waals surface area contributed by atoms with Crippen LogP contribution in [-0.2, 0) is 5.60 Å². The number of nitrogens with zero attached hydrogens (tertiary/aromatic N) is 4. The predicted molar refractivity (Wildman–Crippen MR) is 183 cm³/mol. The van der Waals surface area contributed by atoms with Gasteiger partial charge in [-0.2, -0.15) is 5.11 Å². The average molecular weight is 587 g/mol. The third-order valence-electron chi connectivity index (χ3n) is 8.57. The minimum Gasteiger partial charge on any atom is -0.506 e. The first kappa shape index (κ1) is 30.8. The first-order valence-corrected chi connectivity index (χ1v) is 15.5. The maximum atomic E-state index is 12.7. The number of hydrogen-bond donors (Lipinski definition) is 2. The minimum absolute atomic E-state index is 0.0789. The van der Waals surface area contributed by atoms with E-state index in [1.807, 2.05) is 66.7 Å². The normalized spacial score (nSPS) is 12.9. The molecule has 5 aromatic rings. The van der Waals surface area contributed by atoms with Gasteiger partial charge in [-0.25, -0.2) is 0 Å². The Morgan fingerprint density at radius 2 is 1.20 bits per heavy atom. The maximum Gasteiger partial charge on any atom is 0.143 e. The number of aryl methyl sites for hydroxylation is 1. The molecule has 0 aromatic heterocycles. The van der Waals surface area contributed by atoms with E-state index >= 15 is 0 Å². The molecule has 6 nitrogen and oxygen atoms in total. The number of phenolic OH excluding ortho intramolecular Hbond substituents is 1. The second-order valence-corrected chi connectivity index (χ2v) is 11.0. The molecule has 226 valence electrons. The fraction of sp³-hybridized carbons (Fsp3) is 0.263. The van der Waals surface area contributed by atoms with Crippen molar-refractivity contribution in [2.75, 3.05) is 36.0 Å². The molecule has 44 heavy (non-hydrogen) atoms. The molecule has 1 unspecified atom stereocenters. The molecule has 0 saturated carbocycles. The Balaban J connectivity index is 1.56. The lowest BCUT2D eigenvalue weighted by Gasteiger charge is -2.33. The zero-order chi connectivity index (χ0) is 31.3. The van der Waals surface area contributed by atoms with E-state index in [1.165, 1.54) is 0 Å². The smallest absolute Gasteiger partial charge is 0.143 e. The second-order valence-electron chi connectivity index (χ2n) is 11.0. The van der Waals surface area contributed by atoms with Crippen molar-refractivity contribution in [2.24, 2.45) is 10.2 Å². The van der Waals surface area contributed by atoms with Gasteiger partial charge in [0.2, 0.25) is 0 Å². The lowest BCUT2D eigenvalue weighted by atomic mass is 9.78. The van der Waals surface area contributed by atoms with Gasteiger partial charge in [-0.3, -0.25) is 0 Å². The lowest BCUT2D eigenvalue weighted by Crippen LogP contribution is -2.30. The topological polar surface area (TPSA) is 71.7 Å². The van der Waals surface area contributed by atoms with Gasteiger partial charge < -0.3 is 20.0 Å². The average Bonchev–Trinajstić information content (AvgIpc) is 3.06. The van der Waals surface area contributed by atoms with Gasteiger partial charge >= 0.3 is 0 Å². The number of azo groups is 1. The Morgan fingerprint density at radius 3 is 1.82 bits per heavy atom. The summed E-state index contributed by atoms with van der Waals surface area (Å²) in [5.74, 6) is 0.0789. The molecule has 0 amide bonds. The molecule has 6 heteroatoms. The zero-order valence-corrected chi connectivity index (χ0v) is 26.3. The monoisotopic (exact) mass is 586 g/mol. The van der Waals surface area contributed by atoms with E-state index in [-0.39, 0.29) is 5.75 Å². The van der Waals surface area contributed by atoms with Crippen LogP contribution in [0.15, 0.2) is 113 Å². The van der Waals surface area contributed by atoms with Crippen molar-refractivity contribution < 1.29 is 10.2 Å². The summed E-state index contributed by atoms with van der Waals surface area (Å²) in [5.41, 5.74) is 5.30. The first-order chi connectivity index (χ1) is 21.3. The Morgan fingerprint density at radius 1 is 0.636 bits per heavy atom. The van der Waals surface area contributed by atoms with Crippen molar-refractivity contribution >= 4 is 33.5 Å². The van der Waals surface area contributed by atoms with Crippen LogP contribution in [0.1, 0.15) is 49.9 Å². The number of benzene rings is 5. The zero-order valence-electron chi connectivity index (χ0n) is 26.3. The molecule has 0 spiro atoms. The van der Waals surface area contributed by atoms with Crippen LogP contribution in [0.2, 0.25) is 0 Å². The molecule has 0 aliphatic rings. The molecule has 1 atom stereocenters. The number of phenols is 1. The highest BCUT2D eigenvalue weighted by molar-refractivity contribution is 5.95. The van der Waals surface area contributed by atoms with E-state index in [1.54, 1.807) is 6.07 Å². The highest BCUT2D eigenvalue weighted by Gasteiger charge is 2.35. The predicted octanol–water partition coefficient (Wildman–Crippen LogP) is 9.25. The standard InChI is InChI=1S/C38H42N4O2/c1-6-41(7-2)32-21-17-30(18-22-32)38(44,35-24-23-33(26-27(35)5)42(8-3)9-4)29-15-19-31(20-16-29)39-40-37-34-13-11-10-12-28(34)14-25-36(37)43/h10-26,43-44H,6-9H2,1-5H3/b40-39+. The van der Waals surface area contributed by atoms with Gasteiger partial charge in [0.25, 0.3) is 0 Å². The summed E-state index contributed by atoms with van der Waals surface area (Å²) in [6, 6.07) is 33.4. The van der Waals surface area contributed by atoms with Crippen LogP contribution in [0.5, 0.6) is 5.75 Å². The van der Waals surface area contributed by atoms with E-state index in [4.69, 9.17) is 0 Å². The number of anilines is 2. The summed E-state index contributed by atoms with van der Waals surface area (Å²) in [5, 5.41) is 33.9. The molecular formula is C38H42N4O2. The van der Waals surface area contributed by atoms with Gasteiger partial charge in [0.15, 0.2) is 0 Å². The molecule has 5 aromatic carbocycles. The second kappa shape index (κ2) is 13.3. The summed E-state index contributed by atoms with van der Waals surface area (Å²) in [6.45, 7) is 14.3. The van der Waals surface area contributed by atoms with Gasteiger partial charge in [0, 0.05) is 42.9 Å². The largest absolute Gasteiger partial charge is 0.506 e. The number of aromatic hydroxyl groups is 1. The number of rotatable bonds is 11. The Labute approximate surface area is 260 Å². The molecule has 0 aliphatic carbocycles. The van der Waals surface area contributed by atoms with Crippen molar-refractivity contribution in [3.05, 3.63) is 125 Å². The quantitative estimate of drug-likeness (QED) is 0.120. The number of hydrogen-bond acceptors (Lipinski definition) is 6. The van der Waals surface area contributed by atoms with Crippen LogP contribution in [-0.4, -0.2) is 36.4 Å². The third kappa shape index (κ3) is 5.90. The molecule has 2 N–H and O–H groups in total.